The van der Waals surface area contributed by atoms with Gasteiger partial charge in [-0.15, -0.1) is 0 Å². The van der Waals surface area contributed by atoms with Crippen molar-refractivity contribution in [3.8, 4) is 5.75 Å². The number of halogens is 1. The molecule has 0 aliphatic carbocycles. The molecule has 1 aromatic carbocycles. The Hall–Kier alpha value is -0.630. The van der Waals surface area contributed by atoms with Crippen molar-refractivity contribution in [1.82, 2.24) is 0 Å². The average Bonchev–Trinajstić information content (AvgIpc) is 2.05. The summed E-state index contributed by atoms with van der Waals surface area (Å²) in [7, 11) is -4.74. The lowest BCUT2D eigenvalue weighted by molar-refractivity contribution is 0.0694. The summed E-state index contributed by atoms with van der Waals surface area (Å²) in [4.78, 5) is 27.8. The highest BCUT2D eigenvalue weighted by Crippen LogP contribution is 2.39. The van der Waals surface area contributed by atoms with Crippen LogP contribution in [0, 0.1) is 3.57 Å². The highest BCUT2D eigenvalue weighted by molar-refractivity contribution is 14.1. The van der Waals surface area contributed by atoms with Gasteiger partial charge < -0.3 is 9.63 Å². The molecule has 0 heterocycles. The zero-order valence-corrected chi connectivity index (χ0v) is 10.2. The molecule has 8 heteroatoms. The molecular formula is C7H6IO6P. The van der Waals surface area contributed by atoms with Crippen LogP contribution in [0.3, 0.4) is 0 Å². The van der Waals surface area contributed by atoms with Crippen LogP contribution in [-0.2, 0) is 4.57 Å². The first-order chi connectivity index (χ1) is 6.79. The SMILES string of the molecule is O=C(O)c1cc(I)ccc1OP(=O)(O)O. The standard InChI is InChI=1S/C7H6IO6P/c8-4-1-2-6(14-15(11,12)13)5(3-4)7(9)10/h1-3H,(H,9,10)(H2,11,12,13). The molecule has 82 valence electrons. The summed E-state index contributed by atoms with van der Waals surface area (Å²) in [6.07, 6.45) is 0. The maximum absolute atomic E-state index is 10.7. The van der Waals surface area contributed by atoms with Crippen LogP contribution < -0.4 is 4.52 Å². The van der Waals surface area contributed by atoms with Crippen molar-refractivity contribution in [2.24, 2.45) is 0 Å². The van der Waals surface area contributed by atoms with Gasteiger partial charge in [-0.05, 0) is 40.8 Å². The Morgan fingerprint density at radius 1 is 1.40 bits per heavy atom. The number of rotatable bonds is 3. The van der Waals surface area contributed by atoms with E-state index in [4.69, 9.17) is 14.9 Å². The summed E-state index contributed by atoms with van der Waals surface area (Å²) in [5.74, 6) is -1.66. The van der Waals surface area contributed by atoms with Gasteiger partial charge in [0.2, 0.25) is 0 Å². The molecule has 1 rings (SSSR count). The normalized spacial score (nSPS) is 11.1. The fourth-order valence-corrected chi connectivity index (χ4v) is 1.78. The van der Waals surface area contributed by atoms with Crippen molar-refractivity contribution in [2.75, 3.05) is 0 Å². The average molecular weight is 344 g/mol. The molecule has 0 aliphatic heterocycles. The number of carbonyl (C=O) groups is 1. The molecule has 6 nitrogen and oxygen atoms in total. The molecule has 0 aromatic heterocycles. The summed E-state index contributed by atoms with van der Waals surface area (Å²) in [6, 6.07) is 3.94. The number of phosphoric ester groups is 1. The van der Waals surface area contributed by atoms with E-state index < -0.39 is 13.8 Å². The number of benzene rings is 1. The third kappa shape index (κ3) is 3.78. The topological polar surface area (TPSA) is 104 Å². The zero-order valence-electron chi connectivity index (χ0n) is 7.12. The van der Waals surface area contributed by atoms with E-state index in [0.29, 0.717) is 3.57 Å². The van der Waals surface area contributed by atoms with E-state index in [1.54, 1.807) is 0 Å². The molecule has 15 heavy (non-hydrogen) atoms. The maximum Gasteiger partial charge on any atom is 0.524 e. The van der Waals surface area contributed by atoms with Crippen molar-refractivity contribution in [3.05, 3.63) is 27.3 Å². The smallest absolute Gasteiger partial charge is 0.478 e. The molecule has 0 radical (unpaired) electrons. The molecule has 0 saturated carbocycles. The Kier molecular flexibility index (Phi) is 3.72. The first-order valence-corrected chi connectivity index (χ1v) is 6.18. The molecule has 0 spiro atoms. The molecule has 0 fully saturated rings. The number of phosphoric acid groups is 1. The van der Waals surface area contributed by atoms with Crippen LogP contribution in [0.25, 0.3) is 0 Å². The van der Waals surface area contributed by atoms with E-state index in [1.165, 1.54) is 18.2 Å². The minimum absolute atomic E-state index is 0.287. The molecule has 0 amide bonds. The first kappa shape index (κ1) is 12.4. The van der Waals surface area contributed by atoms with Gasteiger partial charge >= 0.3 is 13.8 Å². The van der Waals surface area contributed by atoms with E-state index >= 15 is 0 Å². The van der Waals surface area contributed by atoms with Gasteiger partial charge in [-0.1, -0.05) is 0 Å². The van der Waals surface area contributed by atoms with E-state index in [9.17, 15) is 9.36 Å². The number of aromatic carboxylic acids is 1. The Morgan fingerprint density at radius 2 is 2.00 bits per heavy atom. The van der Waals surface area contributed by atoms with Gasteiger partial charge in [-0.25, -0.2) is 9.36 Å². The van der Waals surface area contributed by atoms with E-state index in [0.717, 1.165) is 0 Å². The van der Waals surface area contributed by atoms with Gasteiger partial charge in [-0.2, -0.15) is 0 Å². The summed E-state index contributed by atoms with van der Waals surface area (Å²) < 4.78 is 15.4. The molecule has 0 bridgehead atoms. The fraction of sp³-hybridized carbons (Fsp3) is 0. The highest BCUT2D eigenvalue weighted by Gasteiger charge is 2.21. The second-order valence-corrected chi connectivity index (χ2v) is 4.94. The second-order valence-electron chi connectivity index (χ2n) is 2.53. The monoisotopic (exact) mass is 344 g/mol. The van der Waals surface area contributed by atoms with Gasteiger partial charge in [0.05, 0.1) is 0 Å². The molecule has 1 aromatic rings. The Morgan fingerprint density at radius 3 is 2.47 bits per heavy atom. The molecule has 0 saturated heterocycles. The van der Waals surface area contributed by atoms with Crippen LogP contribution >= 0.6 is 30.4 Å². The van der Waals surface area contributed by atoms with Gasteiger partial charge in [0.1, 0.15) is 11.3 Å². The van der Waals surface area contributed by atoms with E-state index in [2.05, 4.69) is 4.52 Å². The summed E-state index contributed by atoms with van der Waals surface area (Å²) in [6.45, 7) is 0. The number of hydrogen-bond acceptors (Lipinski definition) is 3. The van der Waals surface area contributed by atoms with Crippen LogP contribution in [-0.4, -0.2) is 20.9 Å². The van der Waals surface area contributed by atoms with Crippen molar-refractivity contribution >= 4 is 36.4 Å². The maximum atomic E-state index is 10.7. The summed E-state index contributed by atoms with van der Waals surface area (Å²) >= 11 is 1.88. The molecule has 3 N–H and O–H groups in total. The minimum atomic E-state index is -4.74. The predicted octanol–water partition coefficient (Wildman–Crippen LogP) is 1.46. The Bertz CT molecular complexity index is 439. The lowest BCUT2D eigenvalue weighted by atomic mass is 10.2. The number of carboxylic acids is 1. The van der Waals surface area contributed by atoms with Gasteiger partial charge in [0.25, 0.3) is 0 Å². The first-order valence-electron chi connectivity index (χ1n) is 3.57. The second kappa shape index (κ2) is 4.48. The molecular weight excluding hydrogens is 338 g/mol. The quantitative estimate of drug-likeness (QED) is 0.567. The minimum Gasteiger partial charge on any atom is -0.478 e. The third-order valence-corrected chi connectivity index (χ3v) is 2.49. The predicted molar refractivity (Wildman–Crippen MR) is 58.8 cm³/mol. The summed E-state index contributed by atoms with van der Waals surface area (Å²) in [5.41, 5.74) is -0.287. The van der Waals surface area contributed by atoms with E-state index in [-0.39, 0.29) is 11.3 Å². The molecule has 0 unspecified atom stereocenters. The third-order valence-electron chi connectivity index (χ3n) is 1.39. The Labute approximate surface area is 98.3 Å². The lowest BCUT2D eigenvalue weighted by Crippen LogP contribution is -2.02. The van der Waals surface area contributed by atoms with Crippen molar-refractivity contribution in [3.63, 3.8) is 0 Å². The van der Waals surface area contributed by atoms with Gasteiger partial charge in [0.15, 0.2) is 0 Å². The van der Waals surface area contributed by atoms with E-state index in [1.807, 2.05) is 22.6 Å². The van der Waals surface area contributed by atoms with Crippen molar-refractivity contribution < 1.29 is 28.8 Å². The molecule has 0 atom stereocenters. The number of carboxylic acid groups (broad SMARTS) is 1. The van der Waals surface area contributed by atoms with Crippen LogP contribution in [0.2, 0.25) is 0 Å². The van der Waals surface area contributed by atoms with Crippen LogP contribution in [0.5, 0.6) is 5.75 Å². The molecule has 0 aliphatic rings. The van der Waals surface area contributed by atoms with Gasteiger partial charge in [0, 0.05) is 3.57 Å². The largest absolute Gasteiger partial charge is 0.524 e. The Balaban J connectivity index is 3.18. The fourth-order valence-electron chi connectivity index (χ4n) is 0.877. The van der Waals surface area contributed by atoms with Crippen LogP contribution in [0.15, 0.2) is 18.2 Å². The highest BCUT2D eigenvalue weighted by atomic mass is 127. The lowest BCUT2D eigenvalue weighted by Gasteiger charge is -2.09. The number of hydrogen-bond donors (Lipinski definition) is 3. The van der Waals surface area contributed by atoms with Crippen molar-refractivity contribution in [2.45, 2.75) is 0 Å². The van der Waals surface area contributed by atoms with Crippen LogP contribution in [0.4, 0.5) is 0 Å². The summed E-state index contributed by atoms with van der Waals surface area (Å²) in [5, 5.41) is 8.75. The van der Waals surface area contributed by atoms with Crippen molar-refractivity contribution in [1.29, 1.82) is 0 Å². The zero-order chi connectivity index (χ0) is 11.6. The van der Waals surface area contributed by atoms with Gasteiger partial charge in [-0.3, -0.25) is 9.79 Å². The van der Waals surface area contributed by atoms with Crippen LogP contribution in [0.1, 0.15) is 10.4 Å².